The summed E-state index contributed by atoms with van der Waals surface area (Å²) in [5.41, 5.74) is 1.34. The van der Waals surface area contributed by atoms with E-state index in [1.54, 1.807) is 0 Å². The molecule has 0 spiro atoms. The minimum atomic E-state index is 0.425. The van der Waals surface area contributed by atoms with Crippen LogP contribution in [-0.2, 0) is 13.5 Å². The molecule has 1 aromatic heterocycles. The molecule has 1 saturated heterocycles. The summed E-state index contributed by atoms with van der Waals surface area (Å²) in [7, 11) is 2.03. The van der Waals surface area contributed by atoms with Gasteiger partial charge in [0.05, 0.1) is 0 Å². The molecule has 0 radical (unpaired) electrons. The predicted octanol–water partition coefficient (Wildman–Crippen LogP) is 2.62. The quantitative estimate of drug-likeness (QED) is 0.859. The molecule has 1 N–H and O–H groups in total. The fourth-order valence-electron chi connectivity index (χ4n) is 2.88. The molecular weight excluding hydrogens is 242 g/mol. The highest BCUT2D eigenvalue weighted by molar-refractivity contribution is 8.00. The number of thioether (sulfide) groups is 1. The lowest BCUT2D eigenvalue weighted by molar-refractivity contribution is 0.385. The summed E-state index contributed by atoms with van der Waals surface area (Å²) in [5.74, 6) is 1.32. The summed E-state index contributed by atoms with van der Waals surface area (Å²) in [5, 5.41) is 7.94. The van der Waals surface area contributed by atoms with E-state index in [0.717, 1.165) is 13.0 Å². The van der Waals surface area contributed by atoms with Crippen molar-refractivity contribution in [3.63, 3.8) is 0 Å². The number of nitrogens with one attached hydrogen (secondary N) is 1. The van der Waals surface area contributed by atoms with E-state index in [9.17, 15) is 0 Å². The number of hydrogen-bond acceptors (Lipinski definition) is 3. The molecule has 2 heterocycles. The minimum Gasteiger partial charge on any atom is -0.313 e. The highest BCUT2D eigenvalue weighted by atomic mass is 32.2. The largest absolute Gasteiger partial charge is 0.313 e. The van der Waals surface area contributed by atoms with Crippen molar-refractivity contribution >= 4 is 11.8 Å². The van der Waals surface area contributed by atoms with E-state index in [-0.39, 0.29) is 0 Å². The zero-order valence-corrected chi connectivity index (χ0v) is 12.6. The molecule has 0 aromatic carbocycles. The van der Waals surface area contributed by atoms with Gasteiger partial charge in [-0.3, -0.25) is 4.68 Å². The van der Waals surface area contributed by atoms with Crippen LogP contribution in [0.15, 0.2) is 12.3 Å². The Kier molecular flexibility index (Phi) is 4.73. The van der Waals surface area contributed by atoms with Gasteiger partial charge in [0.25, 0.3) is 0 Å². The van der Waals surface area contributed by atoms with E-state index in [0.29, 0.717) is 10.8 Å². The van der Waals surface area contributed by atoms with Gasteiger partial charge in [-0.2, -0.15) is 16.9 Å². The van der Waals surface area contributed by atoms with E-state index < -0.39 is 0 Å². The Hall–Kier alpha value is -0.480. The molecule has 4 heteroatoms. The summed E-state index contributed by atoms with van der Waals surface area (Å²) in [4.78, 5) is 0. The van der Waals surface area contributed by atoms with Gasteiger partial charge in [-0.25, -0.2) is 0 Å². The highest BCUT2D eigenvalue weighted by Crippen LogP contribution is 2.41. The first-order valence-electron chi connectivity index (χ1n) is 7.00. The van der Waals surface area contributed by atoms with E-state index in [2.05, 4.69) is 42.1 Å². The van der Waals surface area contributed by atoms with Crippen molar-refractivity contribution in [2.24, 2.45) is 7.05 Å². The molecule has 0 saturated carbocycles. The normalized spacial score (nSPS) is 25.5. The first-order chi connectivity index (χ1) is 8.65. The van der Waals surface area contributed by atoms with Crippen LogP contribution in [-0.4, -0.2) is 32.9 Å². The number of hydrogen-bond donors (Lipinski definition) is 1. The third-order valence-corrected chi connectivity index (χ3v) is 5.69. The summed E-state index contributed by atoms with van der Waals surface area (Å²) in [6, 6.07) is 2.75. The van der Waals surface area contributed by atoms with Crippen LogP contribution in [0.1, 0.15) is 38.8 Å². The standard InChI is InChI=1S/C14H25N3S/c1-4-15-13(14(2)9-5-11-18-14)7-6-12-8-10-16-17(12)3/h8,10,13,15H,4-7,9,11H2,1-3H3. The van der Waals surface area contributed by atoms with Crippen LogP contribution in [0.5, 0.6) is 0 Å². The van der Waals surface area contributed by atoms with Gasteiger partial charge in [0, 0.05) is 29.7 Å². The van der Waals surface area contributed by atoms with Gasteiger partial charge in [0.2, 0.25) is 0 Å². The fraction of sp³-hybridized carbons (Fsp3) is 0.786. The van der Waals surface area contributed by atoms with E-state index in [1.165, 1.54) is 30.7 Å². The van der Waals surface area contributed by atoms with Crippen LogP contribution < -0.4 is 5.32 Å². The van der Waals surface area contributed by atoms with Crippen LogP contribution in [0.2, 0.25) is 0 Å². The van der Waals surface area contributed by atoms with Crippen LogP contribution in [0.25, 0.3) is 0 Å². The monoisotopic (exact) mass is 267 g/mol. The molecule has 1 aromatic rings. The molecule has 0 amide bonds. The van der Waals surface area contributed by atoms with Gasteiger partial charge in [0.1, 0.15) is 0 Å². The van der Waals surface area contributed by atoms with Gasteiger partial charge in [0.15, 0.2) is 0 Å². The van der Waals surface area contributed by atoms with Gasteiger partial charge in [-0.15, -0.1) is 0 Å². The maximum Gasteiger partial charge on any atom is 0.0492 e. The van der Waals surface area contributed by atoms with Crippen molar-refractivity contribution in [1.29, 1.82) is 0 Å². The van der Waals surface area contributed by atoms with Gasteiger partial charge in [-0.1, -0.05) is 6.92 Å². The Morgan fingerprint density at radius 3 is 3.00 bits per heavy atom. The highest BCUT2D eigenvalue weighted by Gasteiger charge is 2.37. The Labute approximate surface area is 115 Å². The molecule has 2 unspecified atom stereocenters. The first kappa shape index (κ1) is 13.9. The zero-order valence-electron chi connectivity index (χ0n) is 11.8. The van der Waals surface area contributed by atoms with Crippen LogP contribution >= 0.6 is 11.8 Å². The smallest absolute Gasteiger partial charge is 0.0492 e. The average molecular weight is 267 g/mol. The van der Waals surface area contributed by atoms with Gasteiger partial charge >= 0.3 is 0 Å². The Morgan fingerprint density at radius 1 is 1.61 bits per heavy atom. The molecule has 102 valence electrons. The molecule has 2 atom stereocenters. The maximum atomic E-state index is 4.25. The van der Waals surface area contributed by atoms with Crippen molar-refractivity contribution < 1.29 is 0 Å². The van der Waals surface area contributed by atoms with Gasteiger partial charge in [-0.05, 0) is 51.0 Å². The van der Waals surface area contributed by atoms with Crippen molar-refractivity contribution in [3.05, 3.63) is 18.0 Å². The molecule has 1 aliphatic rings. The average Bonchev–Trinajstić information content (AvgIpc) is 2.95. The lowest BCUT2D eigenvalue weighted by Crippen LogP contribution is -2.45. The second-order valence-corrected chi connectivity index (χ2v) is 6.99. The molecule has 0 aliphatic carbocycles. The summed E-state index contributed by atoms with van der Waals surface area (Å²) in [6.07, 6.45) is 6.93. The predicted molar refractivity (Wildman–Crippen MR) is 79.1 cm³/mol. The molecule has 3 nitrogen and oxygen atoms in total. The number of aryl methyl sites for hydroxylation is 2. The SMILES string of the molecule is CCNC(CCc1ccnn1C)C1(C)CCCS1. The van der Waals surface area contributed by atoms with Crippen molar-refractivity contribution in [1.82, 2.24) is 15.1 Å². The Morgan fingerprint density at radius 2 is 2.44 bits per heavy atom. The van der Waals surface area contributed by atoms with Crippen molar-refractivity contribution in [2.45, 2.75) is 50.3 Å². The number of rotatable bonds is 6. The molecule has 1 aliphatic heterocycles. The van der Waals surface area contributed by atoms with Gasteiger partial charge < -0.3 is 5.32 Å². The third-order valence-electron chi connectivity index (χ3n) is 4.05. The summed E-state index contributed by atoms with van der Waals surface area (Å²) < 4.78 is 2.42. The second kappa shape index (κ2) is 6.11. The maximum absolute atomic E-state index is 4.25. The number of aromatic nitrogens is 2. The third kappa shape index (κ3) is 3.09. The Bertz CT molecular complexity index is 369. The van der Waals surface area contributed by atoms with E-state index in [1.807, 2.05) is 17.9 Å². The van der Waals surface area contributed by atoms with Crippen molar-refractivity contribution in [2.75, 3.05) is 12.3 Å². The molecule has 0 bridgehead atoms. The lowest BCUT2D eigenvalue weighted by atomic mass is 9.92. The minimum absolute atomic E-state index is 0.425. The summed E-state index contributed by atoms with van der Waals surface area (Å²) >= 11 is 2.15. The first-order valence-corrected chi connectivity index (χ1v) is 7.98. The van der Waals surface area contributed by atoms with E-state index in [4.69, 9.17) is 0 Å². The second-order valence-electron chi connectivity index (χ2n) is 5.36. The lowest BCUT2D eigenvalue weighted by Gasteiger charge is -2.34. The van der Waals surface area contributed by atoms with Crippen molar-refractivity contribution in [3.8, 4) is 0 Å². The Balaban J connectivity index is 1.96. The molecular formula is C14H25N3S. The molecule has 2 rings (SSSR count). The fourth-order valence-corrected chi connectivity index (χ4v) is 4.33. The topological polar surface area (TPSA) is 29.9 Å². The molecule has 1 fully saturated rings. The van der Waals surface area contributed by atoms with Crippen LogP contribution in [0.3, 0.4) is 0 Å². The molecule has 18 heavy (non-hydrogen) atoms. The van der Waals surface area contributed by atoms with Crippen LogP contribution in [0, 0.1) is 0 Å². The van der Waals surface area contributed by atoms with Crippen LogP contribution in [0.4, 0.5) is 0 Å². The van der Waals surface area contributed by atoms with E-state index >= 15 is 0 Å². The zero-order chi connectivity index (χ0) is 13.0. The summed E-state index contributed by atoms with van der Waals surface area (Å²) in [6.45, 7) is 5.70. The number of nitrogens with zero attached hydrogens (tertiary/aromatic N) is 2.